The van der Waals surface area contributed by atoms with Crippen LogP contribution >= 0.6 is 0 Å². The van der Waals surface area contributed by atoms with Crippen LogP contribution in [0.15, 0.2) is 43.0 Å². The Hall–Kier alpha value is -2.23. The fraction of sp³-hybridized carbons (Fsp3) is 0.421. The standard InChI is InChI=1S/C19H25N3O/c1-15-4-6-18(7-5-15)23-13-19(2,3)9-8-17(20)10-16-11-21-14-22-12-16/h4-7,11-12,14,20H,8-10,13H2,1-3H3. The van der Waals surface area contributed by atoms with Crippen LogP contribution in [0.2, 0.25) is 0 Å². The van der Waals surface area contributed by atoms with E-state index in [1.807, 2.05) is 12.1 Å². The fourth-order valence-corrected chi connectivity index (χ4v) is 2.23. The highest BCUT2D eigenvalue weighted by atomic mass is 16.5. The van der Waals surface area contributed by atoms with Crippen molar-refractivity contribution in [3.05, 3.63) is 54.1 Å². The maximum atomic E-state index is 8.13. The molecule has 0 unspecified atom stereocenters. The van der Waals surface area contributed by atoms with Gasteiger partial charge in [0.25, 0.3) is 0 Å². The third-order valence-electron chi connectivity index (χ3n) is 3.79. The number of nitrogens with zero attached hydrogens (tertiary/aromatic N) is 2. The molecule has 0 bridgehead atoms. The van der Waals surface area contributed by atoms with Gasteiger partial charge in [0, 0.05) is 24.5 Å². The predicted octanol–water partition coefficient (Wildman–Crippen LogP) is 4.23. The molecule has 0 aliphatic heterocycles. The van der Waals surface area contributed by atoms with Gasteiger partial charge in [0.15, 0.2) is 0 Å². The lowest BCUT2D eigenvalue weighted by atomic mass is 9.87. The number of benzene rings is 1. The van der Waals surface area contributed by atoms with E-state index >= 15 is 0 Å². The summed E-state index contributed by atoms with van der Waals surface area (Å²) in [5.41, 5.74) is 2.97. The number of aromatic nitrogens is 2. The summed E-state index contributed by atoms with van der Waals surface area (Å²) in [6.07, 6.45) is 7.36. The number of hydrogen-bond acceptors (Lipinski definition) is 4. The van der Waals surface area contributed by atoms with E-state index in [-0.39, 0.29) is 5.41 Å². The van der Waals surface area contributed by atoms with Crippen LogP contribution < -0.4 is 4.74 Å². The van der Waals surface area contributed by atoms with Gasteiger partial charge in [-0.2, -0.15) is 0 Å². The van der Waals surface area contributed by atoms with Gasteiger partial charge in [0.1, 0.15) is 12.1 Å². The highest BCUT2D eigenvalue weighted by Gasteiger charge is 2.19. The molecule has 1 N–H and O–H groups in total. The third kappa shape index (κ3) is 6.19. The fourth-order valence-electron chi connectivity index (χ4n) is 2.23. The predicted molar refractivity (Wildman–Crippen MR) is 93.2 cm³/mol. The molecular formula is C19H25N3O. The van der Waals surface area contributed by atoms with E-state index in [4.69, 9.17) is 10.1 Å². The third-order valence-corrected chi connectivity index (χ3v) is 3.79. The van der Waals surface area contributed by atoms with Gasteiger partial charge in [-0.15, -0.1) is 0 Å². The summed E-state index contributed by atoms with van der Waals surface area (Å²) in [6, 6.07) is 8.12. The zero-order valence-corrected chi connectivity index (χ0v) is 14.2. The van der Waals surface area contributed by atoms with Crippen molar-refractivity contribution in [3.8, 4) is 5.75 Å². The minimum absolute atomic E-state index is 0.0321. The average Bonchev–Trinajstić information content (AvgIpc) is 2.54. The van der Waals surface area contributed by atoms with Gasteiger partial charge in [-0.1, -0.05) is 31.5 Å². The highest BCUT2D eigenvalue weighted by molar-refractivity contribution is 5.83. The summed E-state index contributed by atoms with van der Waals surface area (Å²) in [5.74, 6) is 0.903. The first-order valence-electron chi connectivity index (χ1n) is 7.94. The maximum Gasteiger partial charge on any atom is 0.119 e. The monoisotopic (exact) mass is 311 g/mol. The minimum Gasteiger partial charge on any atom is -0.493 e. The summed E-state index contributed by atoms with van der Waals surface area (Å²) in [6.45, 7) is 7.08. The Morgan fingerprint density at radius 2 is 1.78 bits per heavy atom. The van der Waals surface area contributed by atoms with E-state index in [2.05, 4.69) is 42.9 Å². The van der Waals surface area contributed by atoms with Crippen LogP contribution in [-0.4, -0.2) is 22.3 Å². The number of hydrogen-bond donors (Lipinski definition) is 1. The molecule has 0 spiro atoms. The van der Waals surface area contributed by atoms with Crippen molar-refractivity contribution >= 4 is 5.71 Å². The Kier molecular flexibility index (Phi) is 5.85. The normalized spacial score (nSPS) is 11.3. The summed E-state index contributed by atoms with van der Waals surface area (Å²) >= 11 is 0. The van der Waals surface area contributed by atoms with E-state index in [1.54, 1.807) is 12.4 Å². The Morgan fingerprint density at radius 1 is 1.13 bits per heavy atom. The summed E-state index contributed by atoms with van der Waals surface area (Å²) < 4.78 is 5.89. The van der Waals surface area contributed by atoms with Gasteiger partial charge in [-0.3, -0.25) is 0 Å². The van der Waals surface area contributed by atoms with Crippen molar-refractivity contribution in [3.63, 3.8) is 0 Å². The zero-order valence-electron chi connectivity index (χ0n) is 14.2. The molecule has 0 saturated heterocycles. The molecular weight excluding hydrogens is 286 g/mol. The van der Waals surface area contributed by atoms with Crippen molar-refractivity contribution in [1.29, 1.82) is 5.41 Å². The number of nitrogens with one attached hydrogen (secondary N) is 1. The lowest BCUT2D eigenvalue weighted by Gasteiger charge is -2.25. The highest BCUT2D eigenvalue weighted by Crippen LogP contribution is 2.25. The van der Waals surface area contributed by atoms with Crippen molar-refractivity contribution in [2.75, 3.05) is 6.61 Å². The molecule has 2 aromatic rings. The second-order valence-corrected chi connectivity index (χ2v) is 6.79. The van der Waals surface area contributed by atoms with Crippen LogP contribution in [0.25, 0.3) is 0 Å². The van der Waals surface area contributed by atoms with Gasteiger partial charge < -0.3 is 10.1 Å². The molecule has 0 atom stereocenters. The lowest BCUT2D eigenvalue weighted by Crippen LogP contribution is -2.22. The van der Waals surface area contributed by atoms with Crippen LogP contribution in [0.3, 0.4) is 0 Å². The topological polar surface area (TPSA) is 58.9 Å². The van der Waals surface area contributed by atoms with Crippen molar-refractivity contribution in [2.45, 2.75) is 40.0 Å². The van der Waals surface area contributed by atoms with Gasteiger partial charge >= 0.3 is 0 Å². The van der Waals surface area contributed by atoms with E-state index in [1.165, 1.54) is 11.9 Å². The largest absolute Gasteiger partial charge is 0.493 e. The van der Waals surface area contributed by atoms with E-state index < -0.39 is 0 Å². The van der Waals surface area contributed by atoms with E-state index in [9.17, 15) is 0 Å². The molecule has 4 heteroatoms. The lowest BCUT2D eigenvalue weighted by molar-refractivity contribution is 0.172. The Labute approximate surface area is 138 Å². The van der Waals surface area contributed by atoms with Gasteiger partial charge in [-0.05, 0) is 42.9 Å². The van der Waals surface area contributed by atoms with Crippen LogP contribution in [0.4, 0.5) is 0 Å². The molecule has 23 heavy (non-hydrogen) atoms. The summed E-state index contributed by atoms with van der Waals surface area (Å²) in [4.78, 5) is 7.98. The molecule has 1 aromatic carbocycles. The first kappa shape index (κ1) is 17.1. The van der Waals surface area contributed by atoms with Crippen molar-refractivity contribution in [1.82, 2.24) is 9.97 Å². The SMILES string of the molecule is Cc1ccc(OCC(C)(C)CCC(=N)Cc2cncnc2)cc1. The smallest absolute Gasteiger partial charge is 0.119 e. The van der Waals surface area contributed by atoms with Gasteiger partial charge in [-0.25, -0.2) is 9.97 Å². The molecule has 1 heterocycles. The Balaban J connectivity index is 1.76. The maximum absolute atomic E-state index is 8.13. The molecule has 0 aliphatic carbocycles. The molecule has 0 radical (unpaired) electrons. The van der Waals surface area contributed by atoms with Crippen LogP contribution in [0, 0.1) is 17.7 Å². The second kappa shape index (κ2) is 7.86. The van der Waals surface area contributed by atoms with Crippen LogP contribution in [0.1, 0.15) is 37.8 Å². The average molecular weight is 311 g/mol. The minimum atomic E-state index is 0.0321. The molecule has 0 aliphatic rings. The molecule has 4 nitrogen and oxygen atoms in total. The van der Waals surface area contributed by atoms with Crippen molar-refractivity contribution in [2.24, 2.45) is 5.41 Å². The van der Waals surface area contributed by atoms with E-state index in [0.717, 1.165) is 24.2 Å². The first-order chi connectivity index (χ1) is 10.9. The van der Waals surface area contributed by atoms with Crippen molar-refractivity contribution < 1.29 is 4.74 Å². The Morgan fingerprint density at radius 3 is 2.43 bits per heavy atom. The molecule has 0 saturated carbocycles. The molecule has 2 rings (SSSR count). The van der Waals surface area contributed by atoms with Crippen LogP contribution in [-0.2, 0) is 6.42 Å². The molecule has 0 amide bonds. The first-order valence-corrected chi connectivity index (χ1v) is 7.94. The quantitative estimate of drug-likeness (QED) is 0.742. The molecule has 122 valence electrons. The van der Waals surface area contributed by atoms with E-state index in [0.29, 0.717) is 18.7 Å². The van der Waals surface area contributed by atoms with Gasteiger partial charge in [0.2, 0.25) is 0 Å². The van der Waals surface area contributed by atoms with Crippen LogP contribution in [0.5, 0.6) is 5.75 Å². The molecule has 1 aromatic heterocycles. The second-order valence-electron chi connectivity index (χ2n) is 6.79. The van der Waals surface area contributed by atoms with Gasteiger partial charge in [0.05, 0.1) is 6.61 Å². The summed E-state index contributed by atoms with van der Waals surface area (Å²) in [7, 11) is 0. The Bertz CT molecular complexity index is 621. The number of rotatable bonds is 8. The summed E-state index contributed by atoms with van der Waals surface area (Å²) in [5, 5.41) is 8.13. The number of aryl methyl sites for hydroxylation is 1. The zero-order chi connectivity index (χ0) is 16.7. The molecule has 0 fully saturated rings. The number of ether oxygens (including phenoxy) is 1.